The van der Waals surface area contributed by atoms with E-state index in [0.717, 1.165) is 60.9 Å². The Balaban J connectivity index is 1.59. The van der Waals surface area contributed by atoms with Crippen LogP contribution in [0.3, 0.4) is 0 Å². The highest BCUT2D eigenvalue weighted by molar-refractivity contribution is 5.77. The average molecular weight is 435 g/mol. The second-order valence-electron chi connectivity index (χ2n) is 10.8. The molecule has 2 aromatic rings. The van der Waals surface area contributed by atoms with Crippen molar-refractivity contribution >= 4 is 11.7 Å². The van der Waals surface area contributed by atoms with E-state index in [9.17, 15) is 4.79 Å². The summed E-state index contributed by atoms with van der Waals surface area (Å²) in [7, 11) is 0. The van der Waals surface area contributed by atoms with Crippen LogP contribution >= 0.6 is 0 Å². The Morgan fingerprint density at radius 1 is 1.03 bits per heavy atom. The van der Waals surface area contributed by atoms with E-state index in [1.165, 1.54) is 19.3 Å². The van der Waals surface area contributed by atoms with Crippen molar-refractivity contribution < 1.29 is 4.79 Å². The molecule has 2 aliphatic heterocycles. The molecule has 1 fully saturated rings. The highest BCUT2D eigenvalue weighted by atomic mass is 16.2. The van der Waals surface area contributed by atoms with Crippen LogP contribution in [0, 0.1) is 11.3 Å². The lowest BCUT2D eigenvalue weighted by atomic mass is 9.84. The predicted octanol–water partition coefficient (Wildman–Crippen LogP) is 5.48. The number of fused-ring (bicyclic) bond motifs is 1. The third kappa shape index (κ3) is 5.48. The molecule has 1 amide bonds. The number of piperidine rings is 1. The molecule has 3 heterocycles. The number of rotatable bonds is 5. The van der Waals surface area contributed by atoms with Crippen molar-refractivity contribution in [2.45, 2.75) is 72.8 Å². The molecule has 0 saturated carbocycles. The van der Waals surface area contributed by atoms with Gasteiger partial charge in [0.05, 0.1) is 12.2 Å². The Bertz CT molecular complexity index is 929. The molecule has 0 spiro atoms. The second-order valence-corrected chi connectivity index (χ2v) is 10.8. The molecule has 1 saturated heterocycles. The number of hydrogen-bond donors (Lipinski definition) is 0. The van der Waals surface area contributed by atoms with Gasteiger partial charge in [-0.05, 0) is 37.0 Å². The van der Waals surface area contributed by atoms with E-state index in [1.54, 1.807) is 0 Å². The molecular formula is C27H38N4O. The fraction of sp³-hybridized carbons (Fsp3) is 0.593. The molecule has 0 bridgehead atoms. The Labute approximate surface area is 193 Å². The maximum atomic E-state index is 13.2. The predicted molar refractivity (Wildman–Crippen MR) is 131 cm³/mol. The highest BCUT2D eigenvalue weighted by Crippen LogP contribution is 2.32. The van der Waals surface area contributed by atoms with Crippen molar-refractivity contribution in [2.75, 3.05) is 24.5 Å². The summed E-state index contributed by atoms with van der Waals surface area (Å²) < 4.78 is 0. The summed E-state index contributed by atoms with van der Waals surface area (Å²) in [6.07, 6.45) is 6.17. The largest absolute Gasteiger partial charge is 0.356 e. The monoisotopic (exact) mass is 434 g/mol. The van der Waals surface area contributed by atoms with Crippen LogP contribution in [0.15, 0.2) is 30.3 Å². The summed E-state index contributed by atoms with van der Waals surface area (Å²) in [5.41, 5.74) is 3.58. The highest BCUT2D eigenvalue weighted by Gasteiger charge is 2.29. The van der Waals surface area contributed by atoms with Gasteiger partial charge < -0.3 is 9.80 Å². The van der Waals surface area contributed by atoms with Crippen molar-refractivity contribution in [2.24, 2.45) is 11.3 Å². The van der Waals surface area contributed by atoms with Crippen LogP contribution in [0.2, 0.25) is 0 Å². The number of benzene rings is 1. The molecule has 5 nitrogen and oxygen atoms in total. The van der Waals surface area contributed by atoms with Crippen LogP contribution in [0.25, 0.3) is 11.4 Å². The summed E-state index contributed by atoms with van der Waals surface area (Å²) in [5, 5.41) is 0. The summed E-state index contributed by atoms with van der Waals surface area (Å²) in [4.78, 5) is 27.6. The van der Waals surface area contributed by atoms with Gasteiger partial charge in [-0.3, -0.25) is 4.79 Å². The SMILES string of the molecule is C[C@H](CC(=O)N1CCc2nc(-c3ccccc3)nc(N3CCCCC3)c2C1)CC(C)(C)C. The van der Waals surface area contributed by atoms with Gasteiger partial charge in [-0.15, -0.1) is 0 Å². The number of aromatic nitrogens is 2. The summed E-state index contributed by atoms with van der Waals surface area (Å²) in [6, 6.07) is 10.3. The molecule has 5 heteroatoms. The molecule has 1 atom stereocenters. The molecule has 0 N–H and O–H groups in total. The van der Waals surface area contributed by atoms with Gasteiger partial charge in [0.1, 0.15) is 5.82 Å². The first-order valence-electron chi connectivity index (χ1n) is 12.3. The minimum atomic E-state index is 0.247. The Kier molecular flexibility index (Phi) is 6.82. The first-order valence-corrected chi connectivity index (χ1v) is 12.3. The zero-order valence-electron chi connectivity index (χ0n) is 20.2. The smallest absolute Gasteiger partial charge is 0.223 e. The third-order valence-electron chi connectivity index (χ3n) is 6.56. The van der Waals surface area contributed by atoms with Gasteiger partial charge >= 0.3 is 0 Å². The number of anilines is 1. The topological polar surface area (TPSA) is 49.3 Å². The number of hydrogen-bond acceptors (Lipinski definition) is 4. The van der Waals surface area contributed by atoms with Gasteiger partial charge in [-0.25, -0.2) is 9.97 Å². The standard InChI is InChI=1S/C27H38N4O/c1-20(18-27(2,3)4)17-24(32)31-16-13-23-22(19-31)26(30-14-9-6-10-15-30)29-25(28-23)21-11-7-5-8-12-21/h5,7-8,11-12,20H,6,9-10,13-19H2,1-4H3/t20-/m1/s1. The fourth-order valence-electron chi connectivity index (χ4n) is 5.24. The molecule has 172 valence electrons. The maximum absolute atomic E-state index is 13.2. The summed E-state index contributed by atoms with van der Waals surface area (Å²) in [5.74, 6) is 2.52. The van der Waals surface area contributed by atoms with Crippen molar-refractivity contribution in [1.29, 1.82) is 0 Å². The van der Waals surface area contributed by atoms with Crippen molar-refractivity contribution in [3.63, 3.8) is 0 Å². The van der Waals surface area contributed by atoms with Gasteiger partial charge in [0.2, 0.25) is 5.91 Å². The van der Waals surface area contributed by atoms with Crippen LogP contribution < -0.4 is 4.90 Å². The number of carbonyl (C=O) groups is 1. The van der Waals surface area contributed by atoms with E-state index in [1.807, 2.05) is 23.1 Å². The normalized spacial score (nSPS) is 17.8. The van der Waals surface area contributed by atoms with Crippen molar-refractivity contribution in [3.8, 4) is 11.4 Å². The van der Waals surface area contributed by atoms with Crippen LogP contribution in [0.4, 0.5) is 5.82 Å². The minimum Gasteiger partial charge on any atom is -0.356 e. The van der Waals surface area contributed by atoms with E-state index in [2.05, 4.69) is 44.7 Å². The molecule has 32 heavy (non-hydrogen) atoms. The summed E-state index contributed by atoms with van der Waals surface area (Å²) >= 11 is 0. The molecular weight excluding hydrogens is 396 g/mol. The van der Waals surface area contributed by atoms with E-state index >= 15 is 0 Å². The zero-order chi connectivity index (χ0) is 22.7. The first kappa shape index (κ1) is 22.8. The number of carbonyl (C=O) groups excluding carboxylic acids is 1. The van der Waals surface area contributed by atoms with Crippen LogP contribution in [0.5, 0.6) is 0 Å². The van der Waals surface area contributed by atoms with Crippen LogP contribution in [0.1, 0.15) is 71.1 Å². The quantitative estimate of drug-likeness (QED) is 0.625. The molecule has 2 aliphatic rings. The van der Waals surface area contributed by atoms with Gasteiger partial charge in [0, 0.05) is 43.6 Å². The van der Waals surface area contributed by atoms with Gasteiger partial charge in [-0.2, -0.15) is 0 Å². The lowest BCUT2D eigenvalue weighted by Crippen LogP contribution is -2.39. The fourth-order valence-corrected chi connectivity index (χ4v) is 5.24. The second kappa shape index (κ2) is 9.60. The molecule has 0 aliphatic carbocycles. The number of nitrogens with zero attached hydrogens (tertiary/aromatic N) is 4. The summed E-state index contributed by atoms with van der Waals surface area (Å²) in [6.45, 7) is 12.4. The van der Waals surface area contributed by atoms with Crippen molar-refractivity contribution in [1.82, 2.24) is 14.9 Å². The minimum absolute atomic E-state index is 0.247. The number of amides is 1. The first-order chi connectivity index (χ1) is 15.3. The van der Waals surface area contributed by atoms with Crippen LogP contribution in [-0.2, 0) is 17.8 Å². The molecule has 1 aromatic heterocycles. The van der Waals surface area contributed by atoms with Gasteiger partial charge in [-0.1, -0.05) is 58.0 Å². The van der Waals surface area contributed by atoms with E-state index in [-0.39, 0.29) is 11.3 Å². The van der Waals surface area contributed by atoms with Gasteiger partial charge in [0.25, 0.3) is 0 Å². The van der Waals surface area contributed by atoms with Crippen molar-refractivity contribution in [3.05, 3.63) is 41.6 Å². The van der Waals surface area contributed by atoms with E-state index in [0.29, 0.717) is 18.9 Å². The van der Waals surface area contributed by atoms with E-state index in [4.69, 9.17) is 9.97 Å². The molecule has 0 radical (unpaired) electrons. The average Bonchev–Trinajstić information content (AvgIpc) is 2.77. The zero-order valence-corrected chi connectivity index (χ0v) is 20.2. The van der Waals surface area contributed by atoms with E-state index < -0.39 is 0 Å². The Morgan fingerprint density at radius 3 is 2.44 bits per heavy atom. The Morgan fingerprint density at radius 2 is 1.75 bits per heavy atom. The molecule has 0 unspecified atom stereocenters. The molecule has 4 rings (SSSR count). The lowest BCUT2D eigenvalue weighted by molar-refractivity contribution is -0.133. The van der Waals surface area contributed by atoms with Crippen LogP contribution in [-0.4, -0.2) is 40.4 Å². The third-order valence-corrected chi connectivity index (χ3v) is 6.56. The van der Waals surface area contributed by atoms with Gasteiger partial charge in [0.15, 0.2) is 5.82 Å². The molecule has 1 aromatic carbocycles. The lowest BCUT2D eigenvalue weighted by Gasteiger charge is -2.35. The Hall–Kier alpha value is -2.43. The maximum Gasteiger partial charge on any atom is 0.223 e.